The minimum atomic E-state index is 0.202. The number of aromatic nitrogens is 1. The van der Waals surface area contributed by atoms with Gasteiger partial charge in [0.05, 0.1) is 5.52 Å². The Morgan fingerprint density at radius 2 is 1.85 bits per heavy atom. The Hall–Kier alpha value is -1.67. The molecule has 1 aromatic heterocycles. The first-order chi connectivity index (χ1) is 9.54. The summed E-state index contributed by atoms with van der Waals surface area (Å²) in [6.07, 6.45) is 6.41. The summed E-state index contributed by atoms with van der Waals surface area (Å²) in [5.41, 5.74) is 2.41. The summed E-state index contributed by atoms with van der Waals surface area (Å²) in [5, 5.41) is 4.68. The Morgan fingerprint density at radius 1 is 1.05 bits per heavy atom. The third kappa shape index (κ3) is 4.78. The molecule has 2 rings (SSSR count). The number of pyridine rings is 1. The molecule has 0 fully saturated rings. The summed E-state index contributed by atoms with van der Waals surface area (Å²) in [6.45, 7) is 7.59. The molecule has 0 aliphatic rings. The summed E-state index contributed by atoms with van der Waals surface area (Å²) < 4.78 is 0. The molecule has 106 valence electrons. The molecule has 0 radical (unpaired) electrons. The van der Waals surface area contributed by atoms with Crippen molar-refractivity contribution in [2.75, 3.05) is 6.54 Å². The van der Waals surface area contributed by atoms with Gasteiger partial charge in [-0.2, -0.15) is 0 Å². The van der Waals surface area contributed by atoms with E-state index in [4.69, 9.17) is 0 Å². The molecule has 0 aliphatic heterocycles. The zero-order valence-electron chi connectivity index (χ0n) is 12.7. The van der Waals surface area contributed by atoms with Gasteiger partial charge in [-0.15, -0.1) is 0 Å². The van der Waals surface area contributed by atoms with Gasteiger partial charge >= 0.3 is 0 Å². The van der Waals surface area contributed by atoms with Crippen LogP contribution in [-0.2, 0) is 6.42 Å². The van der Waals surface area contributed by atoms with Crippen LogP contribution in [0.4, 0.5) is 0 Å². The van der Waals surface area contributed by atoms with Crippen molar-refractivity contribution >= 4 is 10.9 Å². The molecule has 0 atom stereocenters. The van der Waals surface area contributed by atoms with Crippen molar-refractivity contribution in [3.63, 3.8) is 0 Å². The van der Waals surface area contributed by atoms with E-state index < -0.39 is 0 Å². The summed E-state index contributed by atoms with van der Waals surface area (Å²) >= 11 is 0. The Balaban J connectivity index is 1.83. The first-order valence-electron chi connectivity index (χ1n) is 7.29. The molecule has 2 aromatic rings. The molecule has 0 saturated carbocycles. The van der Waals surface area contributed by atoms with Crippen LogP contribution in [0.1, 0.15) is 32.9 Å². The van der Waals surface area contributed by atoms with Crippen molar-refractivity contribution < 1.29 is 0 Å². The lowest BCUT2D eigenvalue weighted by Crippen LogP contribution is -2.36. The van der Waals surface area contributed by atoms with Crippen LogP contribution in [0.15, 0.2) is 48.6 Å². The second kappa shape index (κ2) is 6.67. The van der Waals surface area contributed by atoms with Gasteiger partial charge in [-0.1, -0.05) is 36.4 Å². The minimum Gasteiger partial charge on any atom is -0.312 e. The summed E-state index contributed by atoms with van der Waals surface area (Å²) in [7, 11) is 0. The highest BCUT2D eigenvalue weighted by Crippen LogP contribution is 2.12. The molecule has 1 aromatic carbocycles. The fourth-order valence-corrected chi connectivity index (χ4v) is 2.07. The van der Waals surface area contributed by atoms with Crippen molar-refractivity contribution in [1.29, 1.82) is 0 Å². The predicted octanol–water partition coefficient (Wildman–Crippen LogP) is 4.11. The smallest absolute Gasteiger partial charge is 0.0705 e. The van der Waals surface area contributed by atoms with Gasteiger partial charge < -0.3 is 5.32 Å². The lowest BCUT2D eigenvalue weighted by atomic mass is 10.1. The molecule has 2 nitrogen and oxygen atoms in total. The highest BCUT2D eigenvalue weighted by Gasteiger charge is 2.06. The maximum Gasteiger partial charge on any atom is 0.0705 e. The first-order valence-corrected chi connectivity index (χ1v) is 7.29. The van der Waals surface area contributed by atoms with Crippen LogP contribution >= 0.6 is 0 Å². The zero-order chi connectivity index (χ0) is 14.4. The molecule has 1 N–H and O–H groups in total. The standard InChI is InChI=1S/C18H24N2/c1-18(2,3)19-14-8-4-5-10-16-13-12-15-9-6-7-11-17(15)20-16/h4-7,9,11-13,19H,8,10,14H2,1-3H3. The highest BCUT2D eigenvalue weighted by molar-refractivity contribution is 5.78. The normalized spacial score (nSPS) is 12.3. The number of nitrogens with one attached hydrogen (secondary N) is 1. The number of fused-ring (bicyclic) bond motifs is 1. The first kappa shape index (κ1) is 14.7. The molecule has 0 bridgehead atoms. The largest absolute Gasteiger partial charge is 0.312 e. The van der Waals surface area contributed by atoms with Crippen LogP contribution in [-0.4, -0.2) is 17.1 Å². The van der Waals surface area contributed by atoms with E-state index in [9.17, 15) is 0 Å². The minimum absolute atomic E-state index is 0.202. The highest BCUT2D eigenvalue weighted by atomic mass is 14.9. The summed E-state index contributed by atoms with van der Waals surface area (Å²) in [4.78, 5) is 4.67. The Morgan fingerprint density at radius 3 is 2.65 bits per heavy atom. The second-order valence-corrected chi connectivity index (χ2v) is 6.14. The average Bonchev–Trinajstić information content (AvgIpc) is 2.41. The predicted molar refractivity (Wildman–Crippen MR) is 87.0 cm³/mol. The van der Waals surface area contributed by atoms with Gasteiger partial charge in [0.2, 0.25) is 0 Å². The van der Waals surface area contributed by atoms with Crippen molar-refractivity contribution in [2.45, 2.75) is 39.2 Å². The molecular formula is C18H24N2. The van der Waals surface area contributed by atoms with Crippen molar-refractivity contribution in [3.05, 3.63) is 54.2 Å². The molecule has 0 amide bonds. The van der Waals surface area contributed by atoms with E-state index in [1.807, 2.05) is 12.1 Å². The second-order valence-electron chi connectivity index (χ2n) is 6.14. The van der Waals surface area contributed by atoms with Crippen molar-refractivity contribution in [2.24, 2.45) is 0 Å². The van der Waals surface area contributed by atoms with Crippen molar-refractivity contribution in [3.8, 4) is 0 Å². The SMILES string of the molecule is CC(C)(C)NCCC=CCc1ccc2ccccc2n1. The number of benzene rings is 1. The summed E-state index contributed by atoms with van der Waals surface area (Å²) in [6, 6.07) is 12.5. The molecular weight excluding hydrogens is 244 g/mol. The number of hydrogen-bond acceptors (Lipinski definition) is 2. The molecule has 20 heavy (non-hydrogen) atoms. The average molecular weight is 268 g/mol. The molecule has 0 aliphatic carbocycles. The van der Waals surface area contributed by atoms with Crippen molar-refractivity contribution in [1.82, 2.24) is 10.3 Å². The van der Waals surface area contributed by atoms with Gasteiger partial charge in [0.25, 0.3) is 0 Å². The molecule has 0 spiro atoms. The number of rotatable bonds is 5. The third-order valence-corrected chi connectivity index (χ3v) is 3.12. The third-order valence-electron chi connectivity index (χ3n) is 3.12. The van der Waals surface area contributed by atoms with E-state index in [2.05, 4.69) is 67.5 Å². The lowest BCUT2D eigenvalue weighted by molar-refractivity contribution is 0.431. The Bertz CT molecular complexity index is 579. The topological polar surface area (TPSA) is 24.9 Å². The fourth-order valence-electron chi connectivity index (χ4n) is 2.07. The fraction of sp³-hybridized carbons (Fsp3) is 0.389. The monoisotopic (exact) mass is 268 g/mol. The Kier molecular flexibility index (Phi) is 4.91. The Labute approximate surface area is 121 Å². The van der Waals surface area contributed by atoms with Crippen LogP contribution in [0.25, 0.3) is 10.9 Å². The van der Waals surface area contributed by atoms with Gasteiger partial charge in [-0.25, -0.2) is 0 Å². The number of para-hydroxylation sites is 1. The van der Waals surface area contributed by atoms with E-state index in [1.165, 1.54) is 5.39 Å². The zero-order valence-corrected chi connectivity index (χ0v) is 12.7. The number of nitrogens with zero attached hydrogens (tertiary/aromatic N) is 1. The van der Waals surface area contributed by atoms with Gasteiger partial charge in [0.1, 0.15) is 0 Å². The van der Waals surface area contributed by atoms with E-state index >= 15 is 0 Å². The maximum atomic E-state index is 4.67. The molecule has 1 heterocycles. The van der Waals surface area contributed by atoms with Crippen LogP contribution in [0, 0.1) is 0 Å². The van der Waals surface area contributed by atoms with Gasteiger partial charge in [0, 0.05) is 23.0 Å². The molecule has 2 heteroatoms. The van der Waals surface area contributed by atoms with E-state index in [0.29, 0.717) is 0 Å². The van der Waals surface area contributed by atoms with E-state index in [1.54, 1.807) is 0 Å². The molecule has 0 saturated heterocycles. The number of hydrogen-bond donors (Lipinski definition) is 1. The van der Waals surface area contributed by atoms with Crippen LogP contribution < -0.4 is 5.32 Å². The van der Waals surface area contributed by atoms with E-state index in [0.717, 1.165) is 30.6 Å². The van der Waals surface area contributed by atoms with E-state index in [-0.39, 0.29) is 5.54 Å². The quantitative estimate of drug-likeness (QED) is 0.652. The van der Waals surface area contributed by atoms with Crippen LogP contribution in [0.2, 0.25) is 0 Å². The van der Waals surface area contributed by atoms with Gasteiger partial charge in [-0.05, 0) is 45.9 Å². The lowest BCUT2D eigenvalue weighted by Gasteiger charge is -2.19. The maximum absolute atomic E-state index is 4.67. The summed E-state index contributed by atoms with van der Waals surface area (Å²) in [5.74, 6) is 0. The molecule has 0 unspecified atom stereocenters. The van der Waals surface area contributed by atoms with Crippen LogP contribution in [0.5, 0.6) is 0 Å². The number of allylic oxidation sites excluding steroid dienone is 1. The van der Waals surface area contributed by atoms with Gasteiger partial charge in [-0.3, -0.25) is 4.98 Å². The van der Waals surface area contributed by atoms with Crippen LogP contribution in [0.3, 0.4) is 0 Å². The van der Waals surface area contributed by atoms with Gasteiger partial charge in [0.15, 0.2) is 0 Å².